The molecule has 3 rings (SSSR count). The van der Waals surface area contributed by atoms with Crippen LogP contribution in [0.1, 0.15) is 16.7 Å². The maximum Gasteiger partial charge on any atom is 0.293 e. The zero-order valence-electron chi connectivity index (χ0n) is 14.7. The zero-order chi connectivity index (χ0) is 19.4. The highest BCUT2D eigenvalue weighted by Crippen LogP contribution is 2.34. The number of imide groups is 1. The van der Waals surface area contributed by atoms with Gasteiger partial charge in [-0.2, -0.15) is 0 Å². The summed E-state index contributed by atoms with van der Waals surface area (Å²) in [5.41, 5.74) is 7.66. The second-order valence-electron chi connectivity index (χ2n) is 6.05. The molecule has 0 radical (unpaired) electrons. The van der Waals surface area contributed by atoms with E-state index >= 15 is 0 Å². The summed E-state index contributed by atoms with van der Waals surface area (Å²) in [7, 11) is 0. The van der Waals surface area contributed by atoms with Crippen LogP contribution in [0.4, 0.5) is 4.79 Å². The predicted octanol–water partition coefficient (Wildman–Crippen LogP) is 3.10. The molecule has 27 heavy (non-hydrogen) atoms. The second kappa shape index (κ2) is 8.09. The molecule has 3 amide bonds. The number of ether oxygens (including phenoxy) is 1. The molecule has 2 aromatic carbocycles. The van der Waals surface area contributed by atoms with Crippen LogP contribution in [-0.2, 0) is 16.1 Å². The molecular weight excluding hydrogens is 364 g/mol. The molecule has 1 saturated heterocycles. The van der Waals surface area contributed by atoms with Gasteiger partial charge >= 0.3 is 0 Å². The van der Waals surface area contributed by atoms with Gasteiger partial charge in [-0.3, -0.25) is 19.3 Å². The average molecular weight is 382 g/mol. The largest absolute Gasteiger partial charge is 0.483 e. The standard InChI is InChI=1S/C20H18N2O4S/c1-13-5-4-6-14(9-13)11-22-19(24)17(27-20(22)25)10-15-7-2-3-8-16(15)26-12-18(21)23/h2-10H,11-12H2,1H3,(H2,21,23)/b17-10+. The fourth-order valence-electron chi connectivity index (χ4n) is 2.65. The number of thioether (sulfide) groups is 1. The zero-order valence-corrected chi connectivity index (χ0v) is 15.5. The number of rotatable bonds is 6. The van der Waals surface area contributed by atoms with Crippen molar-refractivity contribution in [1.82, 2.24) is 4.90 Å². The Morgan fingerprint density at radius 3 is 2.70 bits per heavy atom. The number of carbonyl (C=O) groups excluding carboxylic acids is 3. The fourth-order valence-corrected chi connectivity index (χ4v) is 3.48. The molecule has 0 aliphatic carbocycles. The Bertz CT molecular complexity index is 939. The van der Waals surface area contributed by atoms with Gasteiger partial charge in [0.2, 0.25) is 0 Å². The summed E-state index contributed by atoms with van der Waals surface area (Å²) in [5, 5.41) is -0.316. The van der Waals surface area contributed by atoms with E-state index in [2.05, 4.69) is 0 Å². The van der Waals surface area contributed by atoms with Crippen LogP contribution < -0.4 is 10.5 Å². The maximum atomic E-state index is 12.7. The van der Waals surface area contributed by atoms with E-state index in [-0.39, 0.29) is 24.3 Å². The molecule has 0 unspecified atom stereocenters. The van der Waals surface area contributed by atoms with Gasteiger partial charge in [-0.1, -0.05) is 48.0 Å². The number of carbonyl (C=O) groups is 3. The second-order valence-corrected chi connectivity index (χ2v) is 7.04. The molecule has 7 heteroatoms. The Kier molecular flexibility index (Phi) is 5.61. The molecule has 0 bridgehead atoms. The van der Waals surface area contributed by atoms with Gasteiger partial charge in [-0.05, 0) is 36.4 Å². The summed E-state index contributed by atoms with van der Waals surface area (Å²) in [6, 6.07) is 14.6. The van der Waals surface area contributed by atoms with Crippen molar-refractivity contribution in [2.24, 2.45) is 5.73 Å². The number of primary amides is 1. The number of hydrogen-bond donors (Lipinski definition) is 1. The number of hydrogen-bond acceptors (Lipinski definition) is 5. The van der Waals surface area contributed by atoms with E-state index in [4.69, 9.17) is 10.5 Å². The number of benzene rings is 2. The van der Waals surface area contributed by atoms with Gasteiger partial charge < -0.3 is 10.5 Å². The first kappa shape index (κ1) is 18.7. The topological polar surface area (TPSA) is 89.7 Å². The number of nitrogens with zero attached hydrogens (tertiary/aromatic N) is 1. The molecular formula is C20H18N2O4S. The van der Waals surface area contributed by atoms with Crippen LogP contribution in [0.25, 0.3) is 6.08 Å². The first-order valence-electron chi connectivity index (χ1n) is 8.25. The molecule has 0 atom stereocenters. The van der Waals surface area contributed by atoms with E-state index < -0.39 is 5.91 Å². The minimum atomic E-state index is -0.594. The lowest BCUT2D eigenvalue weighted by Gasteiger charge is -2.12. The van der Waals surface area contributed by atoms with Gasteiger partial charge in [0, 0.05) is 5.56 Å². The van der Waals surface area contributed by atoms with Crippen molar-refractivity contribution in [2.75, 3.05) is 6.61 Å². The monoisotopic (exact) mass is 382 g/mol. The Labute approximate surface area is 161 Å². The lowest BCUT2D eigenvalue weighted by molar-refractivity contribution is -0.123. The Balaban J connectivity index is 1.81. The third-order valence-electron chi connectivity index (χ3n) is 3.87. The highest BCUT2D eigenvalue weighted by atomic mass is 32.2. The van der Waals surface area contributed by atoms with Crippen molar-refractivity contribution >= 4 is 34.9 Å². The van der Waals surface area contributed by atoms with E-state index in [1.54, 1.807) is 30.3 Å². The number of nitrogens with two attached hydrogens (primary N) is 1. The number of amides is 3. The summed E-state index contributed by atoms with van der Waals surface area (Å²) in [4.78, 5) is 37.5. The molecule has 138 valence electrons. The normalized spacial score (nSPS) is 15.4. The van der Waals surface area contributed by atoms with Gasteiger partial charge in [0.25, 0.3) is 17.1 Å². The molecule has 2 N–H and O–H groups in total. The van der Waals surface area contributed by atoms with Crippen molar-refractivity contribution in [1.29, 1.82) is 0 Å². The number of para-hydroxylation sites is 1. The molecule has 1 fully saturated rings. The Hall–Kier alpha value is -3.06. The van der Waals surface area contributed by atoms with Crippen molar-refractivity contribution in [3.63, 3.8) is 0 Å². The third kappa shape index (κ3) is 4.57. The Morgan fingerprint density at radius 2 is 1.96 bits per heavy atom. The van der Waals surface area contributed by atoms with E-state index in [9.17, 15) is 14.4 Å². The molecule has 2 aromatic rings. The molecule has 1 aliphatic rings. The minimum Gasteiger partial charge on any atom is -0.483 e. The quantitative estimate of drug-likeness (QED) is 0.776. The van der Waals surface area contributed by atoms with Crippen LogP contribution in [0.15, 0.2) is 53.4 Å². The predicted molar refractivity (Wildman–Crippen MR) is 104 cm³/mol. The highest BCUT2D eigenvalue weighted by molar-refractivity contribution is 8.18. The van der Waals surface area contributed by atoms with Gasteiger partial charge in [-0.25, -0.2) is 0 Å². The minimum absolute atomic E-state index is 0.226. The van der Waals surface area contributed by atoms with E-state index in [0.29, 0.717) is 16.2 Å². The summed E-state index contributed by atoms with van der Waals surface area (Å²) >= 11 is 0.885. The molecule has 6 nitrogen and oxygen atoms in total. The first-order chi connectivity index (χ1) is 12.9. The first-order valence-corrected chi connectivity index (χ1v) is 9.07. The van der Waals surface area contributed by atoms with Crippen molar-refractivity contribution < 1.29 is 19.1 Å². The summed E-state index contributed by atoms with van der Waals surface area (Å²) in [6.07, 6.45) is 1.59. The average Bonchev–Trinajstić information content (AvgIpc) is 2.88. The van der Waals surface area contributed by atoms with Crippen LogP contribution >= 0.6 is 11.8 Å². The lowest BCUT2D eigenvalue weighted by Crippen LogP contribution is -2.27. The fraction of sp³-hybridized carbons (Fsp3) is 0.150. The van der Waals surface area contributed by atoms with Crippen molar-refractivity contribution in [2.45, 2.75) is 13.5 Å². The lowest BCUT2D eigenvalue weighted by atomic mass is 10.1. The molecule has 0 aromatic heterocycles. The molecule has 0 spiro atoms. The molecule has 1 aliphatic heterocycles. The van der Waals surface area contributed by atoms with Crippen LogP contribution in [0.2, 0.25) is 0 Å². The number of aryl methyl sites for hydroxylation is 1. The van der Waals surface area contributed by atoms with Crippen LogP contribution in [-0.4, -0.2) is 28.6 Å². The van der Waals surface area contributed by atoms with Gasteiger partial charge in [0.1, 0.15) is 5.75 Å². The van der Waals surface area contributed by atoms with Crippen LogP contribution in [0.3, 0.4) is 0 Å². The van der Waals surface area contributed by atoms with Crippen molar-refractivity contribution in [3.8, 4) is 5.75 Å². The summed E-state index contributed by atoms with van der Waals surface area (Å²) in [6.45, 7) is 1.92. The highest BCUT2D eigenvalue weighted by Gasteiger charge is 2.35. The molecule has 0 saturated carbocycles. The van der Waals surface area contributed by atoms with Crippen molar-refractivity contribution in [3.05, 3.63) is 70.1 Å². The van der Waals surface area contributed by atoms with E-state index in [0.717, 1.165) is 22.9 Å². The van der Waals surface area contributed by atoms with E-state index in [1.807, 2.05) is 31.2 Å². The summed E-state index contributed by atoms with van der Waals surface area (Å²) < 4.78 is 5.37. The maximum absolute atomic E-state index is 12.7. The van der Waals surface area contributed by atoms with Crippen LogP contribution in [0.5, 0.6) is 5.75 Å². The smallest absolute Gasteiger partial charge is 0.293 e. The van der Waals surface area contributed by atoms with Gasteiger partial charge in [0.15, 0.2) is 6.61 Å². The third-order valence-corrected chi connectivity index (χ3v) is 4.78. The van der Waals surface area contributed by atoms with Gasteiger partial charge in [-0.15, -0.1) is 0 Å². The van der Waals surface area contributed by atoms with E-state index in [1.165, 1.54) is 4.90 Å². The molecule has 1 heterocycles. The van der Waals surface area contributed by atoms with Crippen LogP contribution in [0, 0.1) is 6.92 Å². The summed E-state index contributed by atoms with van der Waals surface area (Å²) in [5.74, 6) is -0.527. The van der Waals surface area contributed by atoms with Gasteiger partial charge in [0.05, 0.1) is 11.4 Å². The SMILES string of the molecule is Cc1cccc(CN2C(=O)S/C(=C/c3ccccc3OCC(N)=O)C2=O)c1. The Morgan fingerprint density at radius 1 is 1.19 bits per heavy atom.